The summed E-state index contributed by atoms with van der Waals surface area (Å²) >= 11 is 0. The monoisotopic (exact) mass is 478 g/mol. The Morgan fingerprint density at radius 3 is 0.500 bits per heavy atom. The molecule has 0 nitrogen and oxygen atoms in total. The average molecular weight is 478 g/mol. The molecule has 0 aromatic heterocycles. The smallest absolute Gasteiger partial charge is 0 e. The first-order valence-electron chi connectivity index (χ1n) is 7.06. The van der Waals surface area contributed by atoms with Crippen molar-refractivity contribution in [1.82, 2.24) is 0 Å². The summed E-state index contributed by atoms with van der Waals surface area (Å²) in [5, 5.41) is 0. The first-order chi connectivity index (χ1) is 7.73. The molecule has 0 spiro atoms. The van der Waals surface area contributed by atoms with Crippen molar-refractivity contribution in [3.63, 3.8) is 0 Å². The van der Waals surface area contributed by atoms with Crippen LogP contribution in [0.5, 0.6) is 0 Å². The molecule has 0 bridgehead atoms. The number of rotatable bonds is 0. The summed E-state index contributed by atoms with van der Waals surface area (Å²) in [4.78, 5) is 0. The van der Waals surface area contributed by atoms with Crippen molar-refractivity contribution in [3.8, 4) is 0 Å². The SMILES string of the molecule is C[C](C)C.[CH2]C(C)(C)C.[CH2]C(C)(C)C.[CH2]C(C)(C)C.[Pb]. The van der Waals surface area contributed by atoms with Gasteiger partial charge < -0.3 is 0 Å². The van der Waals surface area contributed by atoms with Crippen LogP contribution in [0.3, 0.4) is 0 Å². The number of hydrogen-bond donors (Lipinski definition) is 0. The van der Waals surface area contributed by atoms with Crippen molar-refractivity contribution in [2.45, 2.75) is 83.1 Å². The Kier molecular flexibility index (Phi) is 24.3. The van der Waals surface area contributed by atoms with Gasteiger partial charge in [0.1, 0.15) is 0 Å². The van der Waals surface area contributed by atoms with Gasteiger partial charge in [-0.3, -0.25) is 0 Å². The van der Waals surface area contributed by atoms with E-state index in [0.717, 1.165) is 0 Å². The Balaban J connectivity index is -0.0000000494. The molecule has 0 unspecified atom stereocenters. The van der Waals surface area contributed by atoms with Crippen LogP contribution in [0.15, 0.2) is 0 Å². The molecular formula is C19H42Pb. The van der Waals surface area contributed by atoms with Gasteiger partial charge in [0.2, 0.25) is 0 Å². The van der Waals surface area contributed by atoms with E-state index in [9.17, 15) is 0 Å². The van der Waals surface area contributed by atoms with Crippen LogP contribution < -0.4 is 0 Å². The molecular weight excluding hydrogens is 435 g/mol. The van der Waals surface area contributed by atoms with E-state index in [-0.39, 0.29) is 43.5 Å². The molecule has 0 aliphatic heterocycles. The third kappa shape index (κ3) is 7150. The molecule has 0 heterocycles. The van der Waals surface area contributed by atoms with Crippen molar-refractivity contribution < 1.29 is 0 Å². The Hall–Kier alpha value is 0.922. The fourth-order valence-corrected chi connectivity index (χ4v) is 0. The van der Waals surface area contributed by atoms with E-state index < -0.39 is 0 Å². The van der Waals surface area contributed by atoms with Gasteiger partial charge in [0.25, 0.3) is 0 Å². The van der Waals surface area contributed by atoms with E-state index in [1.54, 1.807) is 0 Å². The molecule has 0 saturated heterocycles. The van der Waals surface area contributed by atoms with Crippen LogP contribution in [0.25, 0.3) is 0 Å². The van der Waals surface area contributed by atoms with E-state index in [1.165, 1.54) is 5.92 Å². The van der Waals surface area contributed by atoms with Crippen molar-refractivity contribution in [2.24, 2.45) is 16.2 Å². The van der Waals surface area contributed by atoms with Gasteiger partial charge in [-0.2, -0.15) is 0 Å². The van der Waals surface area contributed by atoms with Crippen LogP contribution in [0.4, 0.5) is 0 Å². The van der Waals surface area contributed by atoms with Crippen LogP contribution >= 0.6 is 0 Å². The predicted octanol–water partition coefficient (Wildman–Crippen LogP) is 6.84. The van der Waals surface area contributed by atoms with Gasteiger partial charge >= 0.3 is 0 Å². The Morgan fingerprint density at radius 2 is 0.500 bits per heavy atom. The topological polar surface area (TPSA) is 0 Å². The summed E-state index contributed by atoms with van der Waals surface area (Å²) in [5.41, 5.74) is 0.750. The molecule has 0 aromatic rings. The molecule has 0 saturated carbocycles. The third-order valence-corrected chi connectivity index (χ3v) is 0. The fraction of sp³-hybridized carbons (Fsp3) is 0.789. The van der Waals surface area contributed by atoms with E-state index in [1.807, 2.05) is 0 Å². The second-order valence-corrected chi connectivity index (χ2v) is 9.18. The zero-order chi connectivity index (χ0) is 17.1. The summed E-state index contributed by atoms with van der Waals surface area (Å²) in [6.07, 6.45) is 0. The van der Waals surface area contributed by atoms with Crippen LogP contribution in [-0.2, 0) is 0 Å². The molecule has 0 aliphatic carbocycles. The van der Waals surface area contributed by atoms with Gasteiger partial charge in [-0.05, 0) is 42.9 Å². The maximum absolute atomic E-state index is 3.77. The summed E-state index contributed by atoms with van der Waals surface area (Å²) in [7, 11) is 0. The Bertz CT molecular complexity index is 110. The standard InChI is InChI=1S/3C5H11.C4H9.Pb/c3*1-5(2,3)4;1-4(2)3;/h3*1H2,2-4H3;1-3H3;. The molecule has 0 aromatic carbocycles. The predicted molar refractivity (Wildman–Crippen MR) is 100 cm³/mol. The minimum absolute atomic E-state index is 0. The van der Waals surface area contributed by atoms with Crippen molar-refractivity contribution in [1.29, 1.82) is 0 Å². The summed E-state index contributed by atoms with van der Waals surface area (Å²) in [6, 6.07) is 0. The van der Waals surface area contributed by atoms with Gasteiger partial charge in [0.05, 0.1) is 0 Å². The van der Waals surface area contributed by atoms with Gasteiger partial charge in [-0.1, -0.05) is 83.1 Å². The molecule has 0 rings (SSSR count). The second-order valence-electron chi connectivity index (χ2n) is 9.18. The quantitative estimate of drug-likeness (QED) is 0.335. The molecule has 0 amide bonds. The molecule has 0 aliphatic rings. The zero-order valence-electron chi connectivity index (χ0n) is 16.6. The third-order valence-electron chi connectivity index (χ3n) is 0. The van der Waals surface area contributed by atoms with E-state index in [2.05, 4.69) is 104 Å². The minimum Gasteiger partial charge on any atom is -0.0602 e. The zero-order valence-corrected chi connectivity index (χ0v) is 20.5. The molecule has 0 atom stereocenters. The molecule has 0 N–H and O–H groups in total. The number of hydrogen-bond acceptors (Lipinski definition) is 0. The van der Waals surface area contributed by atoms with Gasteiger partial charge in [0, 0.05) is 27.3 Å². The van der Waals surface area contributed by atoms with Gasteiger partial charge in [0.15, 0.2) is 0 Å². The van der Waals surface area contributed by atoms with Crippen molar-refractivity contribution in [3.05, 3.63) is 26.7 Å². The van der Waals surface area contributed by atoms with Gasteiger partial charge in [-0.15, -0.1) is 0 Å². The largest absolute Gasteiger partial charge is 0.0602 e. The maximum atomic E-state index is 3.77. The average Bonchev–Trinajstić information content (AvgIpc) is 1.66. The molecule has 1 heteroatoms. The second kappa shape index (κ2) is 14.8. The van der Waals surface area contributed by atoms with E-state index in [4.69, 9.17) is 0 Å². The minimum atomic E-state index is 0. The molecule has 8 radical (unpaired) electrons. The van der Waals surface area contributed by atoms with Crippen LogP contribution in [-0.4, -0.2) is 27.3 Å². The van der Waals surface area contributed by atoms with Crippen LogP contribution in [0, 0.1) is 42.9 Å². The summed E-state index contributed by atoms with van der Waals surface area (Å²) in [5.74, 6) is 1.42. The Morgan fingerprint density at radius 1 is 0.500 bits per heavy atom. The normalized spacial score (nSPS) is 10.8. The van der Waals surface area contributed by atoms with E-state index in [0.29, 0.717) is 0 Å². The van der Waals surface area contributed by atoms with Crippen molar-refractivity contribution in [2.75, 3.05) is 0 Å². The maximum Gasteiger partial charge on any atom is 0 e. The molecule has 122 valence electrons. The van der Waals surface area contributed by atoms with E-state index >= 15 is 0 Å². The first kappa shape index (κ1) is 32.8. The molecule has 0 fully saturated rings. The fourth-order valence-electron chi connectivity index (χ4n) is 0. The van der Waals surface area contributed by atoms with Crippen LogP contribution in [0.1, 0.15) is 83.1 Å². The van der Waals surface area contributed by atoms with Crippen molar-refractivity contribution >= 4 is 27.3 Å². The Labute approximate surface area is 153 Å². The summed E-state index contributed by atoms with van der Waals surface area (Å²) in [6.45, 7) is 36.2. The first-order valence-corrected chi connectivity index (χ1v) is 7.06. The summed E-state index contributed by atoms with van der Waals surface area (Å²) < 4.78 is 0. The molecule has 20 heavy (non-hydrogen) atoms. The van der Waals surface area contributed by atoms with Crippen LogP contribution in [0.2, 0.25) is 0 Å². The van der Waals surface area contributed by atoms with Gasteiger partial charge in [-0.25, -0.2) is 0 Å².